The van der Waals surface area contributed by atoms with Crippen LogP contribution in [0.25, 0.3) is 21.9 Å². The Hall–Kier alpha value is -6.06. The molecule has 56 heavy (non-hydrogen) atoms. The molecule has 0 aliphatic heterocycles. The van der Waals surface area contributed by atoms with Crippen LogP contribution < -0.4 is 9.80 Å². The van der Waals surface area contributed by atoms with Gasteiger partial charge in [-0.25, -0.2) is 0 Å². The molecule has 0 radical (unpaired) electrons. The molecule has 3 heteroatoms. The molecular weight excluding hydrogens is 681 g/mol. The van der Waals surface area contributed by atoms with E-state index in [0.717, 1.165) is 57.5 Å². The van der Waals surface area contributed by atoms with E-state index < -0.39 is 0 Å². The van der Waals surface area contributed by atoms with Gasteiger partial charge in [-0.15, -0.1) is 0 Å². The first kappa shape index (κ1) is 34.4. The van der Waals surface area contributed by atoms with Gasteiger partial charge in [-0.2, -0.15) is 0 Å². The lowest BCUT2D eigenvalue weighted by atomic mass is 9.73. The fourth-order valence-electron chi connectivity index (χ4n) is 9.88. The second-order valence-electron chi connectivity index (χ2n) is 15.9. The highest BCUT2D eigenvalue weighted by Gasteiger charge is 2.37. The Kier molecular flexibility index (Phi) is 9.15. The van der Waals surface area contributed by atoms with Gasteiger partial charge >= 0.3 is 0 Å². The SMILES string of the molecule is c1ccc(N(c2ccccc2)c2ccc(C3(c4ccc(N(c5ccc(C6CCCCC6)cc5)c5cccc6oc7ccccc7c56)cc4)CCCC3)cc2)cc1. The van der Waals surface area contributed by atoms with Gasteiger partial charge in [-0.05, 0) is 127 Å². The van der Waals surface area contributed by atoms with Crippen LogP contribution in [0.4, 0.5) is 34.1 Å². The van der Waals surface area contributed by atoms with Gasteiger partial charge in [0.05, 0.1) is 11.1 Å². The summed E-state index contributed by atoms with van der Waals surface area (Å²) in [5.74, 6) is 0.670. The minimum Gasteiger partial charge on any atom is -0.456 e. The molecule has 1 aromatic heterocycles. The molecule has 3 nitrogen and oxygen atoms in total. The molecule has 0 atom stereocenters. The lowest BCUT2D eigenvalue weighted by Crippen LogP contribution is -2.24. The van der Waals surface area contributed by atoms with Crippen LogP contribution in [-0.4, -0.2) is 0 Å². The highest BCUT2D eigenvalue weighted by Crippen LogP contribution is 2.49. The predicted octanol–water partition coefficient (Wildman–Crippen LogP) is 15.4. The van der Waals surface area contributed by atoms with E-state index in [4.69, 9.17) is 4.42 Å². The Labute approximate surface area is 330 Å². The Balaban J connectivity index is 1.03. The van der Waals surface area contributed by atoms with Crippen molar-refractivity contribution in [2.45, 2.75) is 69.1 Å². The van der Waals surface area contributed by atoms with E-state index in [1.807, 2.05) is 0 Å². The summed E-state index contributed by atoms with van der Waals surface area (Å²) in [6.07, 6.45) is 11.4. The third kappa shape index (κ3) is 6.26. The Bertz CT molecular complexity index is 2500. The van der Waals surface area contributed by atoms with Gasteiger partial charge in [-0.1, -0.05) is 129 Å². The number of hydrogen-bond donors (Lipinski definition) is 0. The predicted molar refractivity (Wildman–Crippen MR) is 235 cm³/mol. The molecule has 2 saturated carbocycles. The molecule has 10 rings (SSSR count). The summed E-state index contributed by atoms with van der Waals surface area (Å²) in [4.78, 5) is 4.79. The zero-order valence-corrected chi connectivity index (χ0v) is 32.0. The standard InChI is InChI=1S/C53H48N2O/c1-4-15-39(16-5-1)40-25-31-46(32-26-40)55(49-22-14-24-51-52(49)48-21-10-11-23-50(48)56-51)47-35-29-42(30-36-47)53(37-12-13-38-53)41-27-33-45(34-28-41)54(43-17-6-2-7-18-43)44-19-8-3-9-20-44/h2-3,6-11,14,17-36,39H,1,4-5,12-13,15-16,37-38H2. The smallest absolute Gasteiger partial charge is 0.137 e. The van der Waals surface area contributed by atoms with E-state index in [9.17, 15) is 0 Å². The molecular formula is C53H48N2O. The molecule has 0 spiro atoms. The fourth-order valence-corrected chi connectivity index (χ4v) is 9.88. The molecule has 0 unspecified atom stereocenters. The van der Waals surface area contributed by atoms with Crippen LogP contribution in [0.15, 0.2) is 180 Å². The molecule has 2 aliphatic rings. The highest BCUT2D eigenvalue weighted by molar-refractivity contribution is 6.13. The molecule has 1 heterocycles. The molecule has 0 saturated heterocycles. The number of hydrogen-bond acceptors (Lipinski definition) is 3. The average Bonchev–Trinajstić information content (AvgIpc) is 3.93. The van der Waals surface area contributed by atoms with Crippen molar-refractivity contribution in [3.63, 3.8) is 0 Å². The van der Waals surface area contributed by atoms with Crippen molar-refractivity contribution in [2.24, 2.45) is 0 Å². The summed E-state index contributed by atoms with van der Waals surface area (Å²) in [6.45, 7) is 0. The van der Waals surface area contributed by atoms with Crippen LogP contribution in [0.5, 0.6) is 0 Å². The van der Waals surface area contributed by atoms with Crippen molar-refractivity contribution in [3.05, 3.63) is 193 Å². The zero-order valence-electron chi connectivity index (χ0n) is 32.0. The maximum atomic E-state index is 6.41. The van der Waals surface area contributed by atoms with Crippen LogP contribution >= 0.6 is 0 Å². The van der Waals surface area contributed by atoms with E-state index in [1.54, 1.807) is 0 Å². The third-order valence-electron chi connectivity index (χ3n) is 12.7. The van der Waals surface area contributed by atoms with Crippen LogP contribution in [0, 0.1) is 0 Å². The van der Waals surface area contributed by atoms with Crippen LogP contribution in [-0.2, 0) is 5.41 Å². The second kappa shape index (κ2) is 14.9. The lowest BCUT2D eigenvalue weighted by molar-refractivity contribution is 0.443. The number of anilines is 6. The van der Waals surface area contributed by atoms with Crippen molar-refractivity contribution in [1.82, 2.24) is 0 Å². The summed E-state index contributed by atoms with van der Waals surface area (Å²) in [5, 5.41) is 2.29. The number of para-hydroxylation sites is 3. The molecule has 8 aromatic rings. The quantitative estimate of drug-likeness (QED) is 0.148. The van der Waals surface area contributed by atoms with E-state index in [2.05, 4.69) is 186 Å². The molecule has 0 amide bonds. The van der Waals surface area contributed by atoms with Gasteiger partial charge < -0.3 is 14.2 Å². The summed E-state index contributed by atoms with van der Waals surface area (Å²) >= 11 is 0. The van der Waals surface area contributed by atoms with Gasteiger partial charge in [0, 0.05) is 39.2 Å². The monoisotopic (exact) mass is 728 g/mol. The van der Waals surface area contributed by atoms with E-state index in [1.165, 1.54) is 73.0 Å². The maximum absolute atomic E-state index is 6.41. The summed E-state index contributed by atoms with van der Waals surface area (Å²) in [5.41, 5.74) is 13.0. The average molecular weight is 729 g/mol. The third-order valence-corrected chi connectivity index (χ3v) is 12.7. The second-order valence-corrected chi connectivity index (χ2v) is 15.9. The normalized spacial score (nSPS) is 15.6. The number of benzene rings is 7. The Morgan fingerprint density at radius 1 is 0.411 bits per heavy atom. The Morgan fingerprint density at radius 3 is 1.52 bits per heavy atom. The van der Waals surface area contributed by atoms with Crippen LogP contribution in [0.3, 0.4) is 0 Å². The first-order valence-corrected chi connectivity index (χ1v) is 20.7. The number of fused-ring (bicyclic) bond motifs is 3. The van der Waals surface area contributed by atoms with Gasteiger partial charge in [0.2, 0.25) is 0 Å². The van der Waals surface area contributed by atoms with Crippen LogP contribution in [0.1, 0.15) is 80.4 Å². The van der Waals surface area contributed by atoms with Crippen molar-refractivity contribution in [3.8, 4) is 0 Å². The van der Waals surface area contributed by atoms with E-state index in [0.29, 0.717) is 5.92 Å². The molecule has 7 aromatic carbocycles. The maximum Gasteiger partial charge on any atom is 0.137 e. The first-order valence-electron chi connectivity index (χ1n) is 20.7. The minimum absolute atomic E-state index is 0.0192. The first-order chi connectivity index (χ1) is 27.7. The van der Waals surface area contributed by atoms with Gasteiger partial charge in [0.25, 0.3) is 0 Å². The van der Waals surface area contributed by atoms with Gasteiger partial charge in [0.1, 0.15) is 11.2 Å². The highest BCUT2D eigenvalue weighted by atomic mass is 16.3. The van der Waals surface area contributed by atoms with Gasteiger partial charge in [-0.3, -0.25) is 0 Å². The Morgan fingerprint density at radius 2 is 0.911 bits per heavy atom. The fraction of sp³-hybridized carbons (Fsp3) is 0.208. The summed E-state index contributed by atoms with van der Waals surface area (Å²) in [7, 11) is 0. The zero-order chi connectivity index (χ0) is 37.3. The van der Waals surface area contributed by atoms with Crippen molar-refractivity contribution >= 4 is 56.1 Å². The summed E-state index contributed by atoms with van der Waals surface area (Å²) in [6, 6.07) is 64.6. The molecule has 0 bridgehead atoms. The van der Waals surface area contributed by atoms with Gasteiger partial charge in [0.15, 0.2) is 0 Å². The van der Waals surface area contributed by atoms with E-state index in [-0.39, 0.29) is 5.41 Å². The van der Waals surface area contributed by atoms with Crippen molar-refractivity contribution < 1.29 is 4.42 Å². The minimum atomic E-state index is -0.0192. The van der Waals surface area contributed by atoms with E-state index >= 15 is 0 Å². The molecule has 2 aliphatic carbocycles. The number of furan rings is 1. The molecule has 276 valence electrons. The largest absolute Gasteiger partial charge is 0.456 e. The van der Waals surface area contributed by atoms with Crippen molar-refractivity contribution in [1.29, 1.82) is 0 Å². The molecule has 0 N–H and O–H groups in total. The summed E-state index contributed by atoms with van der Waals surface area (Å²) < 4.78 is 6.41. The van der Waals surface area contributed by atoms with Crippen LogP contribution in [0.2, 0.25) is 0 Å². The molecule has 2 fully saturated rings. The number of rotatable bonds is 9. The van der Waals surface area contributed by atoms with Crippen molar-refractivity contribution in [2.75, 3.05) is 9.80 Å². The lowest BCUT2D eigenvalue weighted by Gasteiger charge is -2.33. The topological polar surface area (TPSA) is 19.6 Å². The number of nitrogens with zero attached hydrogens (tertiary/aromatic N) is 2.